The third kappa shape index (κ3) is 7.81. The number of nitrogens with one attached hydrogen (secondary N) is 2. The number of rotatable bonds is 11. The smallest absolute Gasteiger partial charge is 0.258 e. The number of nitrogen functional groups attached to an aromatic ring is 1. The third-order valence-corrected chi connectivity index (χ3v) is 7.37. The molecule has 0 radical (unpaired) electrons. The van der Waals surface area contributed by atoms with Crippen molar-refractivity contribution in [2.45, 2.75) is 36.5 Å². The minimum Gasteiger partial charge on any atom is -0.384 e. The van der Waals surface area contributed by atoms with Crippen LogP contribution in [-0.2, 0) is 10.2 Å². The van der Waals surface area contributed by atoms with Crippen molar-refractivity contribution in [3.63, 3.8) is 0 Å². The number of nitrogens with zero attached hydrogens (tertiary/aromatic N) is 2. The molecule has 7 nitrogen and oxygen atoms in total. The van der Waals surface area contributed by atoms with Crippen LogP contribution >= 0.6 is 23.5 Å². The second kappa shape index (κ2) is 12.9. The molecule has 0 saturated heterocycles. The summed E-state index contributed by atoms with van der Waals surface area (Å²) in [4.78, 5) is 34.9. The van der Waals surface area contributed by atoms with Crippen molar-refractivity contribution in [3.8, 4) is 0 Å². The molecule has 0 spiro atoms. The minimum atomic E-state index is -0.593. The number of amides is 1. The maximum absolute atomic E-state index is 13.2. The summed E-state index contributed by atoms with van der Waals surface area (Å²) in [6.07, 6.45) is 5.23. The van der Waals surface area contributed by atoms with Gasteiger partial charge in [-0.25, -0.2) is 9.97 Å². The Balaban J connectivity index is 1.82. The molecule has 4 N–H and O–H groups in total. The molecule has 0 saturated carbocycles. The maximum atomic E-state index is 13.2. The lowest BCUT2D eigenvalue weighted by molar-refractivity contribution is -0.117. The molecular weight excluding hydrogens is 490 g/mol. The highest BCUT2D eigenvalue weighted by atomic mass is 32.2. The van der Waals surface area contributed by atoms with Crippen molar-refractivity contribution in [2.24, 2.45) is 0 Å². The number of anilines is 2. The van der Waals surface area contributed by atoms with E-state index in [-0.39, 0.29) is 23.7 Å². The van der Waals surface area contributed by atoms with Gasteiger partial charge in [-0.15, -0.1) is 0 Å². The number of carbonyl (C=O) groups excluding carboxylic acids is 2. The van der Waals surface area contributed by atoms with Gasteiger partial charge in [-0.05, 0) is 59.2 Å². The SMILES string of the molecule is CSCCNCC(=O)C(Sc1ncccc1C(=O)Nc1ccc(C(C)(C)C)cc1)c1ccnc(N)c1. The van der Waals surface area contributed by atoms with Crippen molar-refractivity contribution < 1.29 is 9.59 Å². The summed E-state index contributed by atoms with van der Waals surface area (Å²) < 4.78 is 0. The van der Waals surface area contributed by atoms with Crippen molar-refractivity contribution in [3.05, 3.63) is 77.6 Å². The molecule has 2 aromatic heterocycles. The first kappa shape index (κ1) is 27.7. The van der Waals surface area contributed by atoms with Gasteiger partial charge in [-0.3, -0.25) is 9.59 Å². The Kier molecular flexibility index (Phi) is 9.92. The second-order valence-electron chi connectivity index (χ2n) is 9.29. The summed E-state index contributed by atoms with van der Waals surface area (Å²) >= 11 is 2.96. The molecule has 9 heteroatoms. The van der Waals surface area contributed by atoms with Gasteiger partial charge in [0, 0.05) is 30.4 Å². The fourth-order valence-electron chi connectivity index (χ4n) is 3.45. The Morgan fingerprint density at radius 2 is 1.81 bits per heavy atom. The Hall–Kier alpha value is -2.88. The summed E-state index contributed by atoms with van der Waals surface area (Å²) in [5.41, 5.74) is 8.93. The fraction of sp³-hybridized carbons (Fsp3) is 0.333. The van der Waals surface area contributed by atoms with E-state index in [0.29, 0.717) is 22.1 Å². The highest BCUT2D eigenvalue weighted by molar-refractivity contribution is 8.00. The summed E-state index contributed by atoms with van der Waals surface area (Å²) in [5, 5.41) is 6.03. The molecule has 1 unspecified atom stereocenters. The molecule has 36 heavy (non-hydrogen) atoms. The predicted octanol–water partition coefficient (Wildman–Crippen LogP) is 4.96. The monoisotopic (exact) mass is 523 g/mol. The number of hydrogen-bond acceptors (Lipinski definition) is 8. The molecule has 0 aliphatic carbocycles. The molecule has 1 aromatic carbocycles. The van der Waals surface area contributed by atoms with Gasteiger partial charge in [0.05, 0.1) is 17.4 Å². The number of Topliss-reactive ketones (excluding diaryl/α,β-unsaturated/α-hetero) is 1. The molecule has 3 rings (SSSR count). The number of pyridine rings is 2. The largest absolute Gasteiger partial charge is 0.384 e. The van der Waals surface area contributed by atoms with Crippen LogP contribution < -0.4 is 16.4 Å². The van der Waals surface area contributed by atoms with Crippen LogP contribution in [0.2, 0.25) is 0 Å². The van der Waals surface area contributed by atoms with Crippen LogP contribution in [0.5, 0.6) is 0 Å². The molecule has 1 atom stereocenters. The number of hydrogen-bond donors (Lipinski definition) is 3. The average molecular weight is 524 g/mol. The van der Waals surface area contributed by atoms with E-state index >= 15 is 0 Å². The average Bonchev–Trinajstić information content (AvgIpc) is 2.85. The second-order valence-corrected chi connectivity index (χ2v) is 11.4. The van der Waals surface area contributed by atoms with Crippen LogP contribution in [0.4, 0.5) is 11.5 Å². The standard InChI is InChI=1S/C27H33N5O2S2/c1-27(2,3)19-7-9-20(10-8-19)32-25(34)21-6-5-12-31-26(21)36-24(18-11-13-30-23(28)16-18)22(33)17-29-14-15-35-4/h5-13,16,24,29H,14-15,17H2,1-4H3,(H2,28,30)(H,32,34). The molecule has 1 amide bonds. The van der Waals surface area contributed by atoms with Gasteiger partial charge in [-0.1, -0.05) is 44.7 Å². The molecule has 0 aliphatic heterocycles. The quantitative estimate of drug-likeness (QED) is 0.239. The van der Waals surface area contributed by atoms with E-state index in [0.717, 1.165) is 17.9 Å². The van der Waals surface area contributed by atoms with Crippen LogP contribution in [0.25, 0.3) is 0 Å². The van der Waals surface area contributed by atoms with E-state index in [2.05, 4.69) is 41.4 Å². The molecule has 0 bridgehead atoms. The van der Waals surface area contributed by atoms with Crippen molar-refractivity contribution in [1.82, 2.24) is 15.3 Å². The normalized spacial score (nSPS) is 12.2. The van der Waals surface area contributed by atoms with E-state index in [4.69, 9.17) is 5.73 Å². The van der Waals surface area contributed by atoms with Crippen LogP contribution in [0.1, 0.15) is 47.5 Å². The number of aromatic nitrogens is 2. The zero-order valence-electron chi connectivity index (χ0n) is 21.1. The fourth-order valence-corrected chi connectivity index (χ4v) is 4.93. The molecule has 190 valence electrons. The first-order valence-corrected chi connectivity index (χ1v) is 13.9. The van der Waals surface area contributed by atoms with Gasteiger partial charge in [0.15, 0.2) is 5.78 Å². The Morgan fingerprint density at radius 1 is 1.06 bits per heavy atom. The number of ketones is 1. The zero-order valence-corrected chi connectivity index (χ0v) is 22.7. The first-order valence-electron chi connectivity index (χ1n) is 11.7. The molecular formula is C27H33N5O2S2. The van der Waals surface area contributed by atoms with Gasteiger partial charge in [0.2, 0.25) is 0 Å². The van der Waals surface area contributed by atoms with E-state index in [1.165, 1.54) is 17.3 Å². The van der Waals surface area contributed by atoms with Crippen molar-refractivity contribution >= 4 is 46.7 Å². The molecule has 0 fully saturated rings. The van der Waals surface area contributed by atoms with Gasteiger partial charge >= 0.3 is 0 Å². The maximum Gasteiger partial charge on any atom is 0.258 e. The van der Waals surface area contributed by atoms with Crippen LogP contribution in [0.15, 0.2) is 66.0 Å². The van der Waals surface area contributed by atoms with E-state index < -0.39 is 5.25 Å². The van der Waals surface area contributed by atoms with Crippen molar-refractivity contribution in [1.29, 1.82) is 0 Å². The van der Waals surface area contributed by atoms with E-state index in [1.54, 1.807) is 48.4 Å². The Labute approximate surface area is 221 Å². The van der Waals surface area contributed by atoms with Crippen LogP contribution in [0, 0.1) is 0 Å². The summed E-state index contributed by atoms with van der Waals surface area (Å²) in [7, 11) is 0. The number of nitrogens with two attached hydrogens (primary N) is 1. The van der Waals surface area contributed by atoms with Crippen LogP contribution in [-0.4, -0.2) is 46.8 Å². The highest BCUT2D eigenvalue weighted by Crippen LogP contribution is 2.37. The number of benzene rings is 1. The number of carbonyl (C=O) groups is 2. The number of thioether (sulfide) groups is 2. The highest BCUT2D eigenvalue weighted by Gasteiger charge is 2.25. The molecule has 2 heterocycles. The van der Waals surface area contributed by atoms with Gasteiger partial charge in [0.25, 0.3) is 5.91 Å². The molecule has 3 aromatic rings. The van der Waals surface area contributed by atoms with Gasteiger partial charge in [0.1, 0.15) is 10.8 Å². The lowest BCUT2D eigenvalue weighted by Gasteiger charge is -2.19. The summed E-state index contributed by atoms with van der Waals surface area (Å²) in [5.74, 6) is 0.933. The Morgan fingerprint density at radius 3 is 2.47 bits per heavy atom. The lowest BCUT2D eigenvalue weighted by Crippen LogP contribution is -2.28. The van der Waals surface area contributed by atoms with Crippen molar-refractivity contribution in [2.75, 3.05) is 36.1 Å². The predicted molar refractivity (Wildman–Crippen MR) is 151 cm³/mol. The zero-order chi connectivity index (χ0) is 26.1. The third-order valence-electron chi connectivity index (χ3n) is 5.44. The van der Waals surface area contributed by atoms with E-state index in [9.17, 15) is 9.59 Å². The summed E-state index contributed by atoms with van der Waals surface area (Å²) in [6, 6.07) is 14.7. The minimum absolute atomic E-state index is 0.0256. The van der Waals surface area contributed by atoms with Crippen LogP contribution in [0.3, 0.4) is 0 Å². The first-order chi connectivity index (χ1) is 17.2. The topological polar surface area (TPSA) is 110 Å². The summed E-state index contributed by atoms with van der Waals surface area (Å²) in [6.45, 7) is 7.37. The van der Waals surface area contributed by atoms with Gasteiger partial charge in [-0.2, -0.15) is 11.8 Å². The van der Waals surface area contributed by atoms with E-state index in [1.807, 2.05) is 30.5 Å². The van der Waals surface area contributed by atoms with Gasteiger partial charge < -0.3 is 16.4 Å². The molecule has 0 aliphatic rings. The lowest BCUT2D eigenvalue weighted by atomic mass is 9.87. The Bertz CT molecular complexity index is 1180.